The van der Waals surface area contributed by atoms with Gasteiger partial charge in [-0.1, -0.05) is 57.9 Å². The quantitative estimate of drug-likeness (QED) is 0.199. The molecule has 6 nitrogen and oxygen atoms in total. The van der Waals surface area contributed by atoms with Crippen LogP contribution in [0.25, 0.3) is 0 Å². The molecule has 37 heavy (non-hydrogen) atoms. The van der Waals surface area contributed by atoms with E-state index in [1.807, 2.05) is 19.1 Å². The molecule has 0 bridgehead atoms. The predicted octanol–water partition coefficient (Wildman–Crippen LogP) is 6.17. The molecule has 0 fully saturated rings. The number of amides is 2. The molecule has 2 aliphatic rings. The fraction of sp³-hybridized carbons (Fsp3) is 0.452. The standard InChI is InChI=1S/C31H40N2O4/c1-10-12-22-14-15-24(20(5)28(22)37-21(6)34)29(35)32-33(26(13-11-2)31(7,8)9)30(36)23-16-18(3)27-19(4)25(27)17-23/h10,14-17,25-26H,1,11-13H2,2-9H3,(H,32,35)/t25-,26-/m1/s1. The van der Waals surface area contributed by atoms with Gasteiger partial charge in [0.25, 0.3) is 11.8 Å². The van der Waals surface area contributed by atoms with Crippen LogP contribution in [0.3, 0.4) is 0 Å². The zero-order chi connectivity index (χ0) is 27.7. The monoisotopic (exact) mass is 504 g/mol. The highest BCUT2D eigenvalue weighted by atomic mass is 16.5. The lowest BCUT2D eigenvalue weighted by atomic mass is 9.83. The number of esters is 1. The third-order valence-corrected chi connectivity index (χ3v) is 7.17. The summed E-state index contributed by atoms with van der Waals surface area (Å²) in [6.07, 6.45) is 7.72. The summed E-state index contributed by atoms with van der Waals surface area (Å²) >= 11 is 0. The minimum atomic E-state index is -0.465. The Bertz CT molecular complexity index is 1230. The van der Waals surface area contributed by atoms with Crippen molar-refractivity contribution in [2.45, 2.75) is 80.7 Å². The van der Waals surface area contributed by atoms with Crippen molar-refractivity contribution in [2.24, 2.45) is 11.3 Å². The second-order valence-electron chi connectivity index (χ2n) is 11.1. The summed E-state index contributed by atoms with van der Waals surface area (Å²) in [6.45, 7) is 19.3. The van der Waals surface area contributed by atoms with Crippen LogP contribution in [0.5, 0.6) is 5.75 Å². The van der Waals surface area contributed by atoms with E-state index in [0.717, 1.165) is 24.0 Å². The van der Waals surface area contributed by atoms with Gasteiger partial charge in [-0.3, -0.25) is 19.8 Å². The first-order valence-electron chi connectivity index (χ1n) is 13.0. The molecule has 1 N–H and O–H groups in total. The van der Waals surface area contributed by atoms with Gasteiger partial charge >= 0.3 is 5.97 Å². The second-order valence-corrected chi connectivity index (χ2v) is 11.1. The summed E-state index contributed by atoms with van der Waals surface area (Å²) in [6, 6.07) is 3.24. The minimum absolute atomic E-state index is 0.215. The Morgan fingerprint density at radius 1 is 1.19 bits per heavy atom. The molecule has 0 saturated heterocycles. The number of hydrazine groups is 1. The van der Waals surface area contributed by atoms with E-state index in [1.165, 1.54) is 23.1 Å². The van der Waals surface area contributed by atoms with Crippen LogP contribution in [-0.2, 0) is 16.0 Å². The first kappa shape index (κ1) is 28.2. The molecule has 0 unspecified atom stereocenters. The van der Waals surface area contributed by atoms with Crippen molar-refractivity contribution < 1.29 is 19.1 Å². The average molecular weight is 505 g/mol. The van der Waals surface area contributed by atoms with Crippen molar-refractivity contribution in [1.29, 1.82) is 0 Å². The highest BCUT2D eigenvalue weighted by molar-refractivity contribution is 6.02. The minimum Gasteiger partial charge on any atom is -0.426 e. The van der Waals surface area contributed by atoms with Crippen LogP contribution in [0.1, 0.15) is 82.8 Å². The molecule has 0 aromatic heterocycles. The largest absolute Gasteiger partial charge is 0.426 e. The van der Waals surface area contributed by atoms with Crippen LogP contribution in [0.4, 0.5) is 0 Å². The van der Waals surface area contributed by atoms with Gasteiger partial charge in [-0.25, -0.2) is 5.01 Å². The van der Waals surface area contributed by atoms with Crippen molar-refractivity contribution in [2.75, 3.05) is 0 Å². The Morgan fingerprint density at radius 3 is 2.41 bits per heavy atom. The average Bonchev–Trinajstić information content (AvgIpc) is 3.47. The zero-order valence-electron chi connectivity index (χ0n) is 23.5. The third-order valence-electron chi connectivity index (χ3n) is 7.17. The first-order valence-corrected chi connectivity index (χ1v) is 13.0. The number of hydrogen-bond acceptors (Lipinski definition) is 4. The van der Waals surface area contributed by atoms with Gasteiger partial charge in [0, 0.05) is 29.5 Å². The topological polar surface area (TPSA) is 75.7 Å². The van der Waals surface area contributed by atoms with Crippen molar-refractivity contribution in [3.63, 3.8) is 0 Å². The lowest BCUT2D eigenvalue weighted by Gasteiger charge is -2.40. The Labute approximate surface area is 221 Å². The van der Waals surface area contributed by atoms with Gasteiger partial charge in [0.15, 0.2) is 0 Å². The Balaban J connectivity index is 2.01. The molecule has 0 radical (unpaired) electrons. The van der Waals surface area contributed by atoms with E-state index in [0.29, 0.717) is 28.9 Å². The van der Waals surface area contributed by atoms with E-state index in [-0.39, 0.29) is 23.3 Å². The molecule has 0 saturated carbocycles. The molecule has 0 aliphatic heterocycles. The van der Waals surface area contributed by atoms with Crippen LogP contribution in [-0.4, -0.2) is 28.8 Å². The van der Waals surface area contributed by atoms with Gasteiger partial charge in [0.1, 0.15) is 5.75 Å². The number of carbonyl (C=O) groups excluding carboxylic acids is 3. The van der Waals surface area contributed by atoms with Gasteiger partial charge in [-0.15, -0.1) is 6.58 Å². The maximum atomic E-state index is 14.0. The lowest BCUT2D eigenvalue weighted by molar-refractivity contribution is -0.135. The van der Waals surface area contributed by atoms with Gasteiger partial charge in [0.05, 0.1) is 6.04 Å². The fourth-order valence-electron chi connectivity index (χ4n) is 5.19. The van der Waals surface area contributed by atoms with Crippen molar-refractivity contribution in [3.8, 4) is 5.75 Å². The predicted molar refractivity (Wildman–Crippen MR) is 147 cm³/mol. The summed E-state index contributed by atoms with van der Waals surface area (Å²) in [5, 5.41) is 1.52. The van der Waals surface area contributed by atoms with Crippen LogP contribution in [0, 0.1) is 18.3 Å². The van der Waals surface area contributed by atoms with E-state index >= 15 is 0 Å². The molecule has 0 heterocycles. The molecule has 2 aliphatic carbocycles. The van der Waals surface area contributed by atoms with Crippen LogP contribution in [0.15, 0.2) is 59.2 Å². The number of benzene rings is 1. The second kappa shape index (κ2) is 10.9. The molecule has 3 rings (SSSR count). The summed E-state index contributed by atoms with van der Waals surface area (Å²) < 4.78 is 5.48. The summed E-state index contributed by atoms with van der Waals surface area (Å²) in [7, 11) is 0. The van der Waals surface area contributed by atoms with Gasteiger partial charge in [0.2, 0.25) is 0 Å². The van der Waals surface area contributed by atoms with Gasteiger partial charge in [-0.2, -0.15) is 0 Å². The summed E-state index contributed by atoms with van der Waals surface area (Å²) in [5.74, 6) is -0.538. The molecule has 2 atom stereocenters. The Hall–Kier alpha value is -3.41. The SMILES string of the molecule is C=CCc1ccc(C(=O)NN(C(=O)C2=C[C@@H]3C(C)=C3C(C)=C2)[C@H](CCC)C(C)(C)C)c(C)c1OC(C)=O. The number of nitrogens with zero attached hydrogens (tertiary/aromatic N) is 1. The zero-order valence-corrected chi connectivity index (χ0v) is 23.5. The maximum Gasteiger partial charge on any atom is 0.308 e. The van der Waals surface area contributed by atoms with Crippen molar-refractivity contribution in [3.05, 3.63) is 75.9 Å². The number of ether oxygens (including phenoxy) is 1. The molecule has 1 aromatic rings. The van der Waals surface area contributed by atoms with Crippen LogP contribution >= 0.6 is 0 Å². The summed E-state index contributed by atoms with van der Waals surface area (Å²) in [4.78, 5) is 39.4. The van der Waals surface area contributed by atoms with Crippen LogP contribution < -0.4 is 10.2 Å². The highest BCUT2D eigenvalue weighted by Crippen LogP contribution is 2.48. The van der Waals surface area contributed by atoms with Crippen molar-refractivity contribution >= 4 is 17.8 Å². The third kappa shape index (κ3) is 5.95. The number of allylic oxidation sites excluding steroid dienone is 5. The lowest BCUT2D eigenvalue weighted by Crippen LogP contribution is -2.56. The Kier molecular flexibility index (Phi) is 8.31. The normalized spacial score (nSPS) is 17.2. The number of carbonyl (C=O) groups is 3. The smallest absolute Gasteiger partial charge is 0.308 e. The van der Waals surface area contributed by atoms with Gasteiger partial charge < -0.3 is 4.74 Å². The molecule has 0 spiro atoms. The highest BCUT2D eigenvalue weighted by Gasteiger charge is 2.39. The molecule has 2 amide bonds. The van der Waals surface area contributed by atoms with E-state index < -0.39 is 11.9 Å². The van der Waals surface area contributed by atoms with Crippen molar-refractivity contribution in [1.82, 2.24) is 10.4 Å². The van der Waals surface area contributed by atoms with E-state index in [4.69, 9.17) is 4.74 Å². The Morgan fingerprint density at radius 2 is 1.86 bits per heavy atom. The number of fused-ring (bicyclic) bond motifs is 1. The number of hydrogen-bond donors (Lipinski definition) is 1. The molecule has 198 valence electrons. The number of rotatable bonds is 8. The van der Waals surface area contributed by atoms with E-state index in [9.17, 15) is 14.4 Å². The maximum absolute atomic E-state index is 14.0. The summed E-state index contributed by atoms with van der Waals surface area (Å²) in [5.41, 5.74) is 8.61. The van der Waals surface area contributed by atoms with Gasteiger partial charge in [-0.05, 0) is 67.9 Å². The fourth-order valence-corrected chi connectivity index (χ4v) is 5.19. The van der Waals surface area contributed by atoms with Crippen LogP contribution in [0.2, 0.25) is 0 Å². The molecular weight excluding hydrogens is 464 g/mol. The molecular formula is C31H40N2O4. The first-order chi connectivity index (χ1) is 17.3. The van der Waals surface area contributed by atoms with E-state index in [2.05, 4.69) is 46.6 Å². The van der Waals surface area contributed by atoms with E-state index in [1.54, 1.807) is 25.1 Å². The molecule has 1 aromatic carbocycles. The molecule has 6 heteroatoms. The number of nitrogens with one attached hydrogen (secondary N) is 1.